The Labute approximate surface area is 144 Å². The van der Waals surface area contributed by atoms with Crippen molar-refractivity contribution < 1.29 is 4.79 Å². The van der Waals surface area contributed by atoms with Crippen LogP contribution in [0.5, 0.6) is 0 Å². The van der Waals surface area contributed by atoms with Crippen molar-refractivity contribution in [2.45, 2.75) is 44.1 Å². The number of hydrogen-bond acceptors (Lipinski definition) is 2. The van der Waals surface area contributed by atoms with Crippen LogP contribution >= 0.6 is 0 Å². The summed E-state index contributed by atoms with van der Waals surface area (Å²) >= 11 is 0. The predicted molar refractivity (Wildman–Crippen MR) is 97.0 cm³/mol. The van der Waals surface area contributed by atoms with Crippen LogP contribution in [-0.4, -0.2) is 23.8 Å². The van der Waals surface area contributed by atoms with Gasteiger partial charge < -0.3 is 0 Å². The number of Topliss-reactive ketones (excluding diaryl/α,β-unsaturated/α-hetero) is 1. The van der Waals surface area contributed by atoms with E-state index < -0.39 is 0 Å². The maximum Gasteiger partial charge on any atom is 0.143 e. The summed E-state index contributed by atoms with van der Waals surface area (Å²) in [5.74, 6) is 0.479. The zero-order valence-corrected chi connectivity index (χ0v) is 14.2. The number of ketones is 1. The minimum absolute atomic E-state index is 0.222. The van der Waals surface area contributed by atoms with Crippen molar-refractivity contribution in [3.63, 3.8) is 0 Å². The third kappa shape index (κ3) is 2.80. The van der Waals surface area contributed by atoms with Gasteiger partial charge in [0.25, 0.3) is 0 Å². The van der Waals surface area contributed by atoms with Crippen LogP contribution in [0.4, 0.5) is 0 Å². The molecule has 0 bridgehead atoms. The van der Waals surface area contributed by atoms with Crippen LogP contribution in [0.3, 0.4) is 0 Å². The molecule has 1 aliphatic carbocycles. The molecular formula is C22H25NO. The fourth-order valence-electron chi connectivity index (χ4n) is 4.52. The zero-order chi connectivity index (χ0) is 16.4. The van der Waals surface area contributed by atoms with Gasteiger partial charge in [0.1, 0.15) is 5.78 Å². The van der Waals surface area contributed by atoms with Crippen molar-refractivity contribution >= 4 is 5.78 Å². The lowest BCUT2D eigenvalue weighted by Crippen LogP contribution is -2.47. The Kier molecular flexibility index (Phi) is 4.24. The molecular weight excluding hydrogens is 294 g/mol. The molecule has 0 atom stereocenters. The quantitative estimate of drug-likeness (QED) is 0.829. The average Bonchev–Trinajstić information content (AvgIpc) is 2.76. The average molecular weight is 319 g/mol. The topological polar surface area (TPSA) is 20.3 Å². The van der Waals surface area contributed by atoms with Crippen LogP contribution in [-0.2, 0) is 23.2 Å². The summed E-state index contributed by atoms with van der Waals surface area (Å²) in [6, 6.07) is 19.3. The van der Waals surface area contributed by atoms with E-state index in [0.717, 1.165) is 51.7 Å². The van der Waals surface area contributed by atoms with Gasteiger partial charge in [-0.15, -0.1) is 0 Å². The third-order valence-electron chi connectivity index (χ3n) is 5.88. The van der Waals surface area contributed by atoms with Crippen LogP contribution in [0.25, 0.3) is 0 Å². The molecule has 0 saturated carbocycles. The van der Waals surface area contributed by atoms with Gasteiger partial charge in [0, 0.05) is 13.0 Å². The van der Waals surface area contributed by atoms with Gasteiger partial charge in [0.05, 0.1) is 5.41 Å². The molecule has 1 aliphatic heterocycles. The van der Waals surface area contributed by atoms with Crippen molar-refractivity contribution in [3.05, 3.63) is 71.3 Å². The van der Waals surface area contributed by atoms with Crippen molar-refractivity contribution in [1.29, 1.82) is 0 Å². The SMILES string of the molecule is O=C1CCCc2ccccc2C12CCN(Cc1ccccc1)CC2. The van der Waals surface area contributed by atoms with Gasteiger partial charge in [-0.3, -0.25) is 9.69 Å². The molecule has 0 N–H and O–H groups in total. The van der Waals surface area contributed by atoms with Crippen LogP contribution in [0, 0.1) is 0 Å². The van der Waals surface area contributed by atoms with Gasteiger partial charge in [-0.1, -0.05) is 54.6 Å². The molecule has 0 radical (unpaired) electrons. The van der Waals surface area contributed by atoms with Gasteiger partial charge >= 0.3 is 0 Å². The van der Waals surface area contributed by atoms with Crippen LogP contribution in [0.15, 0.2) is 54.6 Å². The van der Waals surface area contributed by atoms with Gasteiger partial charge in [-0.05, 0) is 55.5 Å². The molecule has 2 aromatic carbocycles. The van der Waals surface area contributed by atoms with E-state index in [9.17, 15) is 4.79 Å². The molecule has 124 valence electrons. The monoisotopic (exact) mass is 319 g/mol. The van der Waals surface area contributed by atoms with Gasteiger partial charge in [0.15, 0.2) is 0 Å². The number of benzene rings is 2. The van der Waals surface area contributed by atoms with E-state index in [-0.39, 0.29) is 5.41 Å². The Morgan fingerprint density at radius 1 is 0.875 bits per heavy atom. The fraction of sp³-hybridized carbons (Fsp3) is 0.409. The standard InChI is InChI=1S/C22H25NO/c24-21-12-6-10-19-9-4-5-11-20(19)22(21)13-15-23(16-14-22)17-18-7-2-1-3-8-18/h1-5,7-9,11H,6,10,12-17H2. The molecule has 0 unspecified atom stereocenters. The Morgan fingerprint density at radius 2 is 1.58 bits per heavy atom. The van der Waals surface area contributed by atoms with E-state index in [0.29, 0.717) is 5.78 Å². The van der Waals surface area contributed by atoms with E-state index in [2.05, 4.69) is 59.5 Å². The summed E-state index contributed by atoms with van der Waals surface area (Å²) < 4.78 is 0. The third-order valence-corrected chi connectivity index (χ3v) is 5.88. The van der Waals surface area contributed by atoms with Crippen molar-refractivity contribution in [2.24, 2.45) is 0 Å². The Hall–Kier alpha value is -1.93. The van der Waals surface area contributed by atoms with Crippen molar-refractivity contribution in [1.82, 2.24) is 4.90 Å². The Morgan fingerprint density at radius 3 is 2.38 bits per heavy atom. The van der Waals surface area contributed by atoms with Gasteiger partial charge in [-0.2, -0.15) is 0 Å². The molecule has 4 rings (SSSR count). The normalized spacial score (nSPS) is 20.6. The van der Waals surface area contributed by atoms with Crippen molar-refractivity contribution in [3.8, 4) is 0 Å². The maximum atomic E-state index is 13.0. The number of carbonyl (C=O) groups excluding carboxylic acids is 1. The molecule has 2 aliphatic rings. The van der Waals surface area contributed by atoms with Crippen LogP contribution < -0.4 is 0 Å². The second-order valence-electron chi connectivity index (χ2n) is 7.28. The summed E-state index contributed by atoms with van der Waals surface area (Å²) in [5, 5.41) is 0. The molecule has 1 saturated heterocycles. The highest BCUT2D eigenvalue weighted by molar-refractivity contribution is 5.91. The Bertz CT molecular complexity index is 714. The van der Waals surface area contributed by atoms with E-state index in [1.807, 2.05) is 0 Å². The first-order valence-electron chi connectivity index (χ1n) is 9.16. The number of rotatable bonds is 2. The van der Waals surface area contributed by atoms with E-state index in [4.69, 9.17) is 0 Å². The first-order chi connectivity index (χ1) is 11.8. The molecule has 24 heavy (non-hydrogen) atoms. The first kappa shape index (κ1) is 15.6. The molecule has 0 aromatic heterocycles. The molecule has 1 spiro atoms. The molecule has 1 fully saturated rings. The van der Waals surface area contributed by atoms with Crippen LogP contribution in [0.2, 0.25) is 0 Å². The highest BCUT2D eigenvalue weighted by atomic mass is 16.1. The number of nitrogens with zero attached hydrogens (tertiary/aromatic N) is 1. The molecule has 2 aromatic rings. The lowest BCUT2D eigenvalue weighted by Gasteiger charge is -2.41. The van der Waals surface area contributed by atoms with Crippen LogP contribution in [0.1, 0.15) is 42.4 Å². The van der Waals surface area contributed by atoms with E-state index in [1.54, 1.807) is 0 Å². The minimum Gasteiger partial charge on any atom is -0.299 e. The number of aryl methyl sites for hydroxylation is 1. The largest absolute Gasteiger partial charge is 0.299 e. The van der Waals surface area contributed by atoms with E-state index >= 15 is 0 Å². The number of carbonyl (C=O) groups is 1. The molecule has 2 heteroatoms. The van der Waals surface area contributed by atoms with Gasteiger partial charge in [0.2, 0.25) is 0 Å². The zero-order valence-electron chi connectivity index (χ0n) is 14.2. The summed E-state index contributed by atoms with van der Waals surface area (Å²) in [6.07, 6.45) is 4.74. The predicted octanol–water partition coefficient (Wildman–Crippen LogP) is 4.13. The molecule has 0 amide bonds. The molecule has 1 heterocycles. The number of hydrogen-bond donors (Lipinski definition) is 0. The Balaban J connectivity index is 1.55. The first-order valence-corrected chi connectivity index (χ1v) is 9.16. The fourth-order valence-corrected chi connectivity index (χ4v) is 4.52. The number of likely N-dealkylation sites (tertiary alicyclic amines) is 1. The van der Waals surface area contributed by atoms with Crippen molar-refractivity contribution in [2.75, 3.05) is 13.1 Å². The lowest BCUT2D eigenvalue weighted by molar-refractivity contribution is -0.126. The summed E-state index contributed by atoms with van der Waals surface area (Å²) in [7, 11) is 0. The highest BCUT2D eigenvalue weighted by Crippen LogP contribution is 2.42. The number of piperidine rings is 1. The summed E-state index contributed by atoms with van der Waals surface area (Å²) in [6.45, 7) is 3.01. The van der Waals surface area contributed by atoms with Gasteiger partial charge in [-0.25, -0.2) is 0 Å². The highest BCUT2D eigenvalue weighted by Gasteiger charge is 2.44. The lowest BCUT2D eigenvalue weighted by atomic mass is 9.68. The summed E-state index contributed by atoms with van der Waals surface area (Å²) in [5.41, 5.74) is 3.87. The summed E-state index contributed by atoms with van der Waals surface area (Å²) in [4.78, 5) is 15.5. The second-order valence-corrected chi connectivity index (χ2v) is 7.28. The maximum absolute atomic E-state index is 13.0. The smallest absolute Gasteiger partial charge is 0.143 e. The number of fused-ring (bicyclic) bond motifs is 2. The molecule has 2 nitrogen and oxygen atoms in total. The second kappa shape index (κ2) is 6.52. The minimum atomic E-state index is -0.222. The van der Waals surface area contributed by atoms with E-state index in [1.165, 1.54) is 16.7 Å².